The molecular formula is C16H21NO3S. The lowest BCUT2D eigenvalue weighted by atomic mass is 9.91. The predicted molar refractivity (Wildman–Crippen MR) is 84.7 cm³/mol. The summed E-state index contributed by atoms with van der Waals surface area (Å²) in [5.41, 5.74) is 7.68. The Morgan fingerprint density at radius 1 is 1.52 bits per heavy atom. The van der Waals surface area contributed by atoms with Crippen LogP contribution >= 0.6 is 11.8 Å². The van der Waals surface area contributed by atoms with Crippen molar-refractivity contribution < 1.29 is 14.3 Å². The van der Waals surface area contributed by atoms with Gasteiger partial charge in [-0.15, -0.1) is 0 Å². The Balaban J connectivity index is 1.70. The van der Waals surface area contributed by atoms with E-state index in [1.165, 1.54) is 0 Å². The molecule has 0 radical (unpaired) electrons. The summed E-state index contributed by atoms with van der Waals surface area (Å²) in [6.45, 7) is 2.55. The zero-order chi connectivity index (χ0) is 14.9. The quantitative estimate of drug-likeness (QED) is 0.672. The van der Waals surface area contributed by atoms with E-state index in [1.54, 1.807) is 6.07 Å². The van der Waals surface area contributed by atoms with Gasteiger partial charge in [0, 0.05) is 24.3 Å². The topological polar surface area (TPSA) is 61.6 Å². The first kappa shape index (κ1) is 14.7. The molecular weight excluding hydrogens is 286 g/mol. The van der Waals surface area contributed by atoms with Gasteiger partial charge < -0.3 is 15.2 Å². The van der Waals surface area contributed by atoms with Gasteiger partial charge in [-0.05, 0) is 30.7 Å². The molecule has 2 unspecified atom stereocenters. The second-order valence-corrected chi connectivity index (χ2v) is 7.00. The van der Waals surface area contributed by atoms with E-state index < -0.39 is 0 Å². The van der Waals surface area contributed by atoms with E-state index in [9.17, 15) is 4.79 Å². The Hall–Kier alpha value is -1.20. The zero-order valence-corrected chi connectivity index (χ0v) is 13.1. The van der Waals surface area contributed by atoms with Gasteiger partial charge in [0.25, 0.3) is 0 Å². The molecule has 2 N–H and O–H groups in total. The highest BCUT2D eigenvalue weighted by molar-refractivity contribution is 7.99. The van der Waals surface area contributed by atoms with Crippen LogP contribution in [0.25, 0.3) is 0 Å². The van der Waals surface area contributed by atoms with Gasteiger partial charge in [-0.1, -0.05) is 12.1 Å². The number of hydrogen-bond donors (Lipinski definition) is 1. The van der Waals surface area contributed by atoms with E-state index in [1.807, 2.05) is 30.8 Å². The van der Waals surface area contributed by atoms with E-state index >= 15 is 0 Å². The van der Waals surface area contributed by atoms with Gasteiger partial charge in [-0.2, -0.15) is 11.8 Å². The second-order valence-electron chi connectivity index (χ2n) is 5.89. The van der Waals surface area contributed by atoms with Crippen LogP contribution in [0.5, 0.6) is 0 Å². The van der Waals surface area contributed by atoms with Gasteiger partial charge >= 0.3 is 5.97 Å². The second kappa shape index (κ2) is 5.89. The van der Waals surface area contributed by atoms with E-state index in [0.29, 0.717) is 17.9 Å². The molecule has 3 rings (SSSR count). The number of benzene rings is 1. The molecule has 21 heavy (non-hydrogen) atoms. The SMILES string of the molecule is Cc1cccc(N)c1C(=O)OC1CCOC2(CCSC2)C1. The first-order valence-corrected chi connectivity index (χ1v) is 8.53. The highest BCUT2D eigenvalue weighted by Crippen LogP contribution is 2.39. The van der Waals surface area contributed by atoms with E-state index in [-0.39, 0.29) is 17.7 Å². The average Bonchev–Trinajstić information content (AvgIpc) is 2.86. The van der Waals surface area contributed by atoms with Crippen molar-refractivity contribution in [3.63, 3.8) is 0 Å². The largest absolute Gasteiger partial charge is 0.459 e. The normalized spacial score (nSPS) is 28.7. The molecule has 2 saturated heterocycles. The van der Waals surface area contributed by atoms with Gasteiger partial charge in [0.1, 0.15) is 6.10 Å². The molecule has 0 aliphatic carbocycles. The van der Waals surface area contributed by atoms with Crippen LogP contribution in [0.3, 0.4) is 0 Å². The molecule has 114 valence electrons. The maximum absolute atomic E-state index is 12.4. The number of anilines is 1. The number of rotatable bonds is 2. The summed E-state index contributed by atoms with van der Waals surface area (Å²) >= 11 is 1.92. The minimum absolute atomic E-state index is 0.0658. The van der Waals surface area contributed by atoms with Gasteiger partial charge in [0.15, 0.2) is 0 Å². The van der Waals surface area contributed by atoms with Crippen LogP contribution in [0.4, 0.5) is 5.69 Å². The third kappa shape index (κ3) is 3.04. The van der Waals surface area contributed by atoms with Gasteiger partial charge in [-0.3, -0.25) is 0 Å². The first-order chi connectivity index (χ1) is 10.1. The number of nitrogens with two attached hydrogens (primary N) is 1. The number of ether oxygens (including phenoxy) is 2. The number of carbonyl (C=O) groups excluding carboxylic acids is 1. The molecule has 1 aromatic carbocycles. The Labute approximate surface area is 129 Å². The number of nitrogen functional groups attached to an aromatic ring is 1. The summed E-state index contributed by atoms with van der Waals surface area (Å²) < 4.78 is 11.7. The molecule has 2 heterocycles. The van der Waals surface area contributed by atoms with Crippen LogP contribution in [0.2, 0.25) is 0 Å². The van der Waals surface area contributed by atoms with Crippen molar-refractivity contribution >= 4 is 23.4 Å². The molecule has 2 aliphatic rings. The summed E-state index contributed by atoms with van der Waals surface area (Å²) in [5, 5.41) is 0. The van der Waals surface area contributed by atoms with Crippen molar-refractivity contribution in [1.82, 2.24) is 0 Å². The summed E-state index contributed by atoms with van der Waals surface area (Å²) in [7, 11) is 0. The van der Waals surface area contributed by atoms with E-state index in [2.05, 4.69) is 0 Å². The standard InChI is InChI=1S/C16H21NO3S/c1-11-3-2-4-13(17)14(11)15(18)20-12-5-7-19-16(9-12)6-8-21-10-16/h2-4,12H,5-10,17H2,1H3. The lowest BCUT2D eigenvalue weighted by molar-refractivity contribution is -0.106. The third-order valence-corrected chi connectivity index (χ3v) is 5.52. The van der Waals surface area contributed by atoms with Crippen LogP contribution < -0.4 is 5.73 Å². The van der Waals surface area contributed by atoms with Crippen molar-refractivity contribution in [1.29, 1.82) is 0 Å². The van der Waals surface area contributed by atoms with Crippen LogP contribution in [-0.2, 0) is 9.47 Å². The van der Waals surface area contributed by atoms with Crippen molar-refractivity contribution in [2.75, 3.05) is 23.8 Å². The Kier molecular flexibility index (Phi) is 4.13. The lowest BCUT2D eigenvalue weighted by Gasteiger charge is -2.37. The zero-order valence-electron chi connectivity index (χ0n) is 12.3. The average molecular weight is 307 g/mol. The Morgan fingerprint density at radius 2 is 2.38 bits per heavy atom. The number of carbonyl (C=O) groups is 1. The highest BCUT2D eigenvalue weighted by Gasteiger charge is 2.41. The van der Waals surface area contributed by atoms with Crippen LogP contribution in [0.1, 0.15) is 35.2 Å². The summed E-state index contributed by atoms with van der Waals surface area (Å²) in [6.07, 6.45) is 2.56. The number of aryl methyl sites for hydroxylation is 1. The fourth-order valence-corrected chi connectivity index (χ4v) is 4.50. The fourth-order valence-electron chi connectivity index (χ4n) is 3.13. The number of esters is 1. The molecule has 0 aromatic heterocycles. The van der Waals surface area contributed by atoms with E-state index in [4.69, 9.17) is 15.2 Å². The summed E-state index contributed by atoms with van der Waals surface area (Å²) in [6, 6.07) is 5.47. The minimum Gasteiger partial charge on any atom is -0.459 e. The van der Waals surface area contributed by atoms with Crippen LogP contribution in [0.15, 0.2) is 18.2 Å². The van der Waals surface area contributed by atoms with Gasteiger partial charge in [0.2, 0.25) is 0 Å². The lowest BCUT2D eigenvalue weighted by Crippen LogP contribution is -2.43. The summed E-state index contributed by atoms with van der Waals surface area (Å²) in [4.78, 5) is 12.4. The number of hydrogen-bond acceptors (Lipinski definition) is 5. The summed E-state index contributed by atoms with van der Waals surface area (Å²) in [5.74, 6) is 1.83. The maximum Gasteiger partial charge on any atom is 0.340 e. The van der Waals surface area contributed by atoms with Crippen LogP contribution in [0, 0.1) is 6.92 Å². The fraction of sp³-hybridized carbons (Fsp3) is 0.562. The molecule has 0 saturated carbocycles. The van der Waals surface area contributed by atoms with Gasteiger partial charge in [-0.25, -0.2) is 4.79 Å². The van der Waals surface area contributed by atoms with E-state index in [0.717, 1.165) is 36.3 Å². The third-order valence-electron chi connectivity index (χ3n) is 4.30. The monoisotopic (exact) mass is 307 g/mol. The minimum atomic E-state index is -0.307. The van der Waals surface area contributed by atoms with Crippen molar-refractivity contribution in [3.8, 4) is 0 Å². The molecule has 2 atom stereocenters. The Morgan fingerprint density at radius 3 is 3.10 bits per heavy atom. The molecule has 0 bridgehead atoms. The smallest absolute Gasteiger partial charge is 0.340 e. The molecule has 0 amide bonds. The van der Waals surface area contributed by atoms with Crippen molar-refractivity contribution in [3.05, 3.63) is 29.3 Å². The molecule has 1 spiro atoms. The molecule has 4 nitrogen and oxygen atoms in total. The predicted octanol–water partition coefficient (Wildman–Crippen LogP) is 2.79. The van der Waals surface area contributed by atoms with Crippen molar-refractivity contribution in [2.24, 2.45) is 0 Å². The van der Waals surface area contributed by atoms with Gasteiger partial charge in [0.05, 0.1) is 17.8 Å². The molecule has 2 aliphatic heterocycles. The number of thioether (sulfide) groups is 1. The van der Waals surface area contributed by atoms with Crippen LogP contribution in [-0.4, -0.2) is 35.8 Å². The molecule has 2 fully saturated rings. The Bertz CT molecular complexity index is 520. The maximum atomic E-state index is 12.4. The highest BCUT2D eigenvalue weighted by atomic mass is 32.2. The first-order valence-electron chi connectivity index (χ1n) is 7.37. The molecule has 1 aromatic rings. The molecule has 5 heteroatoms. The van der Waals surface area contributed by atoms with Crippen molar-refractivity contribution in [2.45, 2.75) is 37.9 Å².